The Labute approximate surface area is 107 Å². The van der Waals surface area contributed by atoms with Gasteiger partial charge in [-0.1, -0.05) is 31.4 Å². The molecule has 2 aliphatic rings. The standard InChI is InChI=1S/C15H17ClO/c1-15-7-3-2-4-13(15)14(17)12-6-5-11(16)8-10(12)9-15/h5-6,8,13H,2-4,7,9H2,1H3/t13-,15-/m0/s1. The molecule has 2 heteroatoms. The molecule has 1 fully saturated rings. The van der Waals surface area contributed by atoms with E-state index in [9.17, 15) is 4.79 Å². The summed E-state index contributed by atoms with van der Waals surface area (Å²) in [6.45, 7) is 2.28. The van der Waals surface area contributed by atoms with E-state index < -0.39 is 0 Å². The van der Waals surface area contributed by atoms with Crippen LogP contribution in [0.4, 0.5) is 0 Å². The lowest BCUT2D eigenvalue weighted by molar-refractivity contribution is 0.0602. The second-order valence-electron chi connectivity index (χ2n) is 5.79. The molecule has 0 saturated heterocycles. The second-order valence-corrected chi connectivity index (χ2v) is 6.23. The van der Waals surface area contributed by atoms with Gasteiger partial charge in [-0.05, 0) is 48.4 Å². The molecule has 3 rings (SSSR count). The average Bonchev–Trinajstić information content (AvgIpc) is 2.28. The van der Waals surface area contributed by atoms with E-state index in [2.05, 4.69) is 6.92 Å². The third-order valence-electron chi connectivity index (χ3n) is 4.58. The number of carbonyl (C=O) groups excluding carboxylic acids is 1. The van der Waals surface area contributed by atoms with Crippen LogP contribution in [0.5, 0.6) is 0 Å². The number of hydrogen-bond acceptors (Lipinski definition) is 1. The van der Waals surface area contributed by atoms with Gasteiger partial charge in [-0.15, -0.1) is 0 Å². The molecule has 1 aromatic rings. The summed E-state index contributed by atoms with van der Waals surface area (Å²) in [6, 6.07) is 5.73. The molecule has 0 unspecified atom stereocenters. The number of hydrogen-bond donors (Lipinski definition) is 0. The molecule has 1 aromatic carbocycles. The number of carbonyl (C=O) groups is 1. The van der Waals surface area contributed by atoms with Crippen molar-refractivity contribution in [1.82, 2.24) is 0 Å². The largest absolute Gasteiger partial charge is 0.294 e. The van der Waals surface area contributed by atoms with Gasteiger partial charge < -0.3 is 0 Å². The second kappa shape index (κ2) is 3.84. The quantitative estimate of drug-likeness (QED) is 0.670. The van der Waals surface area contributed by atoms with Gasteiger partial charge in [0.1, 0.15) is 0 Å². The highest BCUT2D eigenvalue weighted by Gasteiger charge is 2.45. The molecule has 2 aliphatic carbocycles. The van der Waals surface area contributed by atoms with Crippen LogP contribution in [0.25, 0.3) is 0 Å². The van der Waals surface area contributed by atoms with E-state index in [4.69, 9.17) is 11.6 Å². The van der Waals surface area contributed by atoms with Crippen LogP contribution >= 0.6 is 11.6 Å². The molecule has 0 radical (unpaired) electrons. The van der Waals surface area contributed by atoms with E-state index in [1.807, 2.05) is 18.2 Å². The van der Waals surface area contributed by atoms with Crippen LogP contribution in [0, 0.1) is 11.3 Å². The van der Waals surface area contributed by atoms with E-state index in [-0.39, 0.29) is 11.3 Å². The van der Waals surface area contributed by atoms with Crippen molar-refractivity contribution >= 4 is 17.4 Å². The minimum Gasteiger partial charge on any atom is -0.294 e. The van der Waals surface area contributed by atoms with Crippen molar-refractivity contribution < 1.29 is 4.79 Å². The first kappa shape index (κ1) is 11.3. The molecule has 1 saturated carbocycles. The Morgan fingerprint density at radius 3 is 3.00 bits per heavy atom. The molecule has 0 heterocycles. The van der Waals surface area contributed by atoms with Gasteiger partial charge in [0.2, 0.25) is 0 Å². The van der Waals surface area contributed by atoms with E-state index in [1.54, 1.807) is 0 Å². The van der Waals surface area contributed by atoms with Crippen LogP contribution in [-0.2, 0) is 6.42 Å². The minimum absolute atomic E-state index is 0.174. The molecule has 0 spiro atoms. The van der Waals surface area contributed by atoms with Crippen molar-refractivity contribution in [2.24, 2.45) is 11.3 Å². The number of halogens is 1. The number of ketones is 1. The average molecular weight is 249 g/mol. The van der Waals surface area contributed by atoms with Crippen molar-refractivity contribution in [2.75, 3.05) is 0 Å². The maximum atomic E-state index is 12.5. The SMILES string of the molecule is C[C@@]12CCCC[C@H]1C(=O)c1ccc(Cl)cc1C2. The molecule has 0 aromatic heterocycles. The van der Waals surface area contributed by atoms with Crippen molar-refractivity contribution in [3.05, 3.63) is 34.3 Å². The predicted octanol–water partition coefficient (Wildman–Crippen LogP) is 4.28. The van der Waals surface area contributed by atoms with E-state index in [0.29, 0.717) is 5.78 Å². The monoisotopic (exact) mass is 248 g/mol. The Balaban J connectivity index is 2.09. The fourth-order valence-electron chi connectivity index (χ4n) is 3.63. The summed E-state index contributed by atoms with van der Waals surface area (Å²) in [5, 5.41) is 0.745. The molecular weight excluding hydrogens is 232 g/mol. The molecule has 17 heavy (non-hydrogen) atoms. The van der Waals surface area contributed by atoms with Crippen molar-refractivity contribution in [2.45, 2.75) is 39.0 Å². The fraction of sp³-hybridized carbons (Fsp3) is 0.533. The smallest absolute Gasteiger partial charge is 0.166 e. The number of Topliss-reactive ketones (excluding diaryl/α,β-unsaturated/α-hetero) is 1. The van der Waals surface area contributed by atoms with Gasteiger partial charge in [0.25, 0.3) is 0 Å². The topological polar surface area (TPSA) is 17.1 Å². The van der Waals surface area contributed by atoms with Gasteiger partial charge in [-0.3, -0.25) is 4.79 Å². The fourth-order valence-corrected chi connectivity index (χ4v) is 3.83. The van der Waals surface area contributed by atoms with Gasteiger partial charge in [-0.25, -0.2) is 0 Å². The van der Waals surface area contributed by atoms with Crippen molar-refractivity contribution in [1.29, 1.82) is 0 Å². The summed E-state index contributed by atoms with van der Waals surface area (Å²) >= 11 is 6.03. The molecule has 0 N–H and O–H groups in total. The lowest BCUT2D eigenvalue weighted by atomic mass is 9.59. The highest BCUT2D eigenvalue weighted by molar-refractivity contribution is 6.30. The van der Waals surface area contributed by atoms with Crippen LogP contribution < -0.4 is 0 Å². The summed E-state index contributed by atoms with van der Waals surface area (Å²) < 4.78 is 0. The molecule has 2 atom stereocenters. The van der Waals surface area contributed by atoms with E-state index in [0.717, 1.165) is 29.0 Å². The van der Waals surface area contributed by atoms with Crippen LogP contribution in [0.1, 0.15) is 48.5 Å². The lowest BCUT2D eigenvalue weighted by Crippen LogP contribution is -2.42. The van der Waals surface area contributed by atoms with Crippen molar-refractivity contribution in [3.8, 4) is 0 Å². The summed E-state index contributed by atoms with van der Waals surface area (Å²) in [7, 11) is 0. The molecule has 0 amide bonds. The van der Waals surface area contributed by atoms with Crippen LogP contribution in [0.2, 0.25) is 5.02 Å². The van der Waals surface area contributed by atoms with Gasteiger partial charge in [-0.2, -0.15) is 0 Å². The molecular formula is C15H17ClO. The minimum atomic E-state index is 0.174. The first-order valence-corrected chi connectivity index (χ1v) is 6.81. The third kappa shape index (κ3) is 1.72. The number of fused-ring (bicyclic) bond motifs is 2. The number of rotatable bonds is 0. The third-order valence-corrected chi connectivity index (χ3v) is 4.81. The molecule has 1 nitrogen and oxygen atoms in total. The molecule has 0 bridgehead atoms. The summed E-state index contributed by atoms with van der Waals surface area (Å²) in [6.07, 6.45) is 5.72. The first-order valence-electron chi connectivity index (χ1n) is 6.43. The van der Waals surface area contributed by atoms with Crippen LogP contribution in [-0.4, -0.2) is 5.78 Å². The van der Waals surface area contributed by atoms with Crippen molar-refractivity contribution in [3.63, 3.8) is 0 Å². The van der Waals surface area contributed by atoms with Gasteiger partial charge >= 0.3 is 0 Å². The molecule has 90 valence electrons. The lowest BCUT2D eigenvalue weighted by Gasteiger charge is -2.44. The Morgan fingerprint density at radius 2 is 2.18 bits per heavy atom. The maximum Gasteiger partial charge on any atom is 0.166 e. The zero-order valence-corrected chi connectivity index (χ0v) is 10.9. The van der Waals surface area contributed by atoms with E-state index >= 15 is 0 Å². The highest BCUT2D eigenvalue weighted by atomic mass is 35.5. The van der Waals surface area contributed by atoms with E-state index in [1.165, 1.54) is 19.3 Å². The zero-order valence-electron chi connectivity index (χ0n) is 10.1. The Morgan fingerprint density at radius 1 is 1.35 bits per heavy atom. The summed E-state index contributed by atoms with van der Waals surface area (Å²) in [4.78, 5) is 12.5. The van der Waals surface area contributed by atoms with Crippen LogP contribution in [0.3, 0.4) is 0 Å². The normalized spacial score (nSPS) is 31.9. The van der Waals surface area contributed by atoms with Gasteiger partial charge in [0, 0.05) is 16.5 Å². The van der Waals surface area contributed by atoms with Gasteiger partial charge in [0.05, 0.1) is 0 Å². The Kier molecular flexibility index (Phi) is 2.55. The maximum absolute atomic E-state index is 12.5. The molecule has 0 aliphatic heterocycles. The van der Waals surface area contributed by atoms with Gasteiger partial charge in [0.15, 0.2) is 5.78 Å². The number of benzene rings is 1. The van der Waals surface area contributed by atoms with Crippen LogP contribution in [0.15, 0.2) is 18.2 Å². The predicted molar refractivity (Wildman–Crippen MR) is 69.6 cm³/mol. The first-order chi connectivity index (χ1) is 8.10. The summed E-state index contributed by atoms with van der Waals surface area (Å²) in [5.41, 5.74) is 2.24. The summed E-state index contributed by atoms with van der Waals surface area (Å²) in [5.74, 6) is 0.593. The Bertz CT molecular complexity index is 480. The Hall–Kier alpha value is -0.820. The zero-order chi connectivity index (χ0) is 12.0. The highest BCUT2D eigenvalue weighted by Crippen LogP contribution is 2.48.